The van der Waals surface area contributed by atoms with Crippen molar-refractivity contribution in [1.82, 2.24) is 9.88 Å². The fourth-order valence-electron chi connectivity index (χ4n) is 2.75. The van der Waals surface area contributed by atoms with Gasteiger partial charge in [0.1, 0.15) is 11.9 Å². The lowest BCUT2D eigenvalue weighted by Crippen LogP contribution is -2.55. The molecule has 1 fully saturated rings. The Kier molecular flexibility index (Phi) is 2.40. The lowest BCUT2D eigenvalue weighted by atomic mass is 10.1. The smallest absolute Gasteiger partial charge is 0.190 e. The molecule has 17 heavy (non-hydrogen) atoms. The predicted molar refractivity (Wildman–Crippen MR) is 66.4 cm³/mol. The van der Waals surface area contributed by atoms with Crippen molar-refractivity contribution in [2.75, 3.05) is 24.5 Å². The Morgan fingerprint density at radius 1 is 1.41 bits per heavy atom. The van der Waals surface area contributed by atoms with Crippen molar-refractivity contribution in [3.63, 3.8) is 0 Å². The van der Waals surface area contributed by atoms with Crippen LogP contribution in [0.25, 0.3) is 0 Å². The summed E-state index contributed by atoms with van der Waals surface area (Å²) in [4.78, 5) is 21.2. The summed E-state index contributed by atoms with van der Waals surface area (Å²) < 4.78 is 0. The van der Waals surface area contributed by atoms with Crippen LogP contribution in [0.3, 0.4) is 0 Å². The van der Waals surface area contributed by atoms with Gasteiger partial charge in [0.2, 0.25) is 0 Å². The predicted octanol–water partition coefficient (Wildman–Crippen LogP) is 1.18. The summed E-state index contributed by atoms with van der Waals surface area (Å²) in [6, 6.07) is 4.22. The van der Waals surface area contributed by atoms with Gasteiger partial charge in [-0.25, -0.2) is 4.98 Å². The summed E-state index contributed by atoms with van der Waals surface area (Å²) in [5.74, 6) is 1.12. The van der Waals surface area contributed by atoms with Gasteiger partial charge in [0.15, 0.2) is 5.78 Å². The van der Waals surface area contributed by atoms with E-state index in [4.69, 9.17) is 0 Å². The van der Waals surface area contributed by atoms with Crippen molar-refractivity contribution in [2.24, 2.45) is 0 Å². The molecule has 2 aliphatic heterocycles. The molecule has 1 saturated heterocycles. The highest BCUT2D eigenvalue weighted by Gasteiger charge is 2.41. The van der Waals surface area contributed by atoms with E-state index >= 15 is 0 Å². The van der Waals surface area contributed by atoms with Gasteiger partial charge in [-0.3, -0.25) is 9.69 Å². The lowest BCUT2D eigenvalue weighted by molar-refractivity contribution is 0.0910. The van der Waals surface area contributed by atoms with Gasteiger partial charge in [0, 0.05) is 31.9 Å². The monoisotopic (exact) mass is 231 g/mol. The number of hydrogen-bond acceptors (Lipinski definition) is 4. The SMILES string of the molecule is CC(C)N1CCN2c3ncccc3C(=O)C2C1. The number of hydrogen-bond donors (Lipinski definition) is 0. The van der Waals surface area contributed by atoms with Crippen LogP contribution in [0.1, 0.15) is 24.2 Å². The first-order valence-electron chi connectivity index (χ1n) is 6.18. The second-order valence-electron chi connectivity index (χ2n) is 5.04. The van der Waals surface area contributed by atoms with Gasteiger partial charge in [0.25, 0.3) is 0 Å². The first-order valence-corrected chi connectivity index (χ1v) is 6.18. The molecule has 0 radical (unpaired) electrons. The van der Waals surface area contributed by atoms with E-state index in [1.54, 1.807) is 6.20 Å². The molecule has 3 heterocycles. The molecule has 4 heteroatoms. The van der Waals surface area contributed by atoms with Gasteiger partial charge in [-0.15, -0.1) is 0 Å². The standard InChI is InChI=1S/C13H17N3O/c1-9(2)15-6-7-16-11(8-15)12(17)10-4-3-5-14-13(10)16/h3-5,9,11H,6-8H2,1-2H3. The lowest BCUT2D eigenvalue weighted by Gasteiger charge is -2.39. The number of carbonyl (C=O) groups is 1. The summed E-state index contributed by atoms with van der Waals surface area (Å²) >= 11 is 0. The van der Waals surface area contributed by atoms with E-state index in [9.17, 15) is 4.79 Å². The van der Waals surface area contributed by atoms with Gasteiger partial charge in [-0.2, -0.15) is 0 Å². The summed E-state index contributed by atoms with van der Waals surface area (Å²) in [6.07, 6.45) is 1.77. The number of carbonyl (C=O) groups excluding carboxylic acids is 1. The Morgan fingerprint density at radius 3 is 3.00 bits per heavy atom. The minimum absolute atomic E-state index is 0.0175. The van der Waals surface area contributed by atoms with Gasteiger partial charge in [-0.05, 0) is 26.0 Å². The highest BCUT2D eigenvalue weighted by atomic mass is 16.1. The van der Waals surface area contributed by atoms with Gasteiger partial charge in [-0.1, -0.05) is 0 Å². The van der Waals surface area contributed by atoms with E-state index in [0.29, 0.717) is 6.04 Å². The largest absolute Gasteiger partial charge is 0.343 e. The second-order valence-corrected chi connectivity index (χ2v) is 5.04. The van der Waals surface area contributed by atoms with Crippen LogP contribution in [0.4, 0.5) is 5.82 Å². The van der Waals surface area contributed by atoms with Crippen molar-refractivity contribution in [1.29, 1.82) is 0 Å². The molecule has 0 saturated carbocycles. The zero-order valence-corrected chi connectivity index (χ0v) is 10.3. The quantitative estimate of drug-likeness (QED) is 0.727. The van der Waals surface area contributed by atoms with Crippen molar-refractivity contribution in [3.8, 4) is 0 Å². The van der Waals surface area contributed by atoms with Crippen LogP contribution in [0.5, 0.6) is 0 Å². The molecule has 1 unspecified atom stereocenters. The Balaban J connectivity index is 1.92. The maximum atomic E-state index is 12.3. The first-order chi connectivity index (χ1) is 8.18. The summed E-state index contributed by atoms with van der Waals surface area (Å²) in [5, 5.41) is 0. The molecule has 0 amide bonds. The summed E-state index contributed by atoms with van der Waals surface area (Å²) in [5.41, 5.74) is 0.795. The minimum Gasteiger partial charge on any atom is -0.343 e. The van der Waals surface area contributed by atoms with Gasteiger partial charge in [0.05, 0.1) is 5.56 Å². The normalized spacial score (nSPS) is 24.1. The highest BCUT2D eigenvalue weighted by molar-refractivity contribution is 6.10. The fourth-order valence-corrected chi connectivity index (χ4v) is 2.75. The first kappa shape index (κ1) is 10.7. The molecular weight excluding hydrogens is 214 g/mol. The van der Waals surface area contributed by atoms with Crippen LogP contribution in [0.2, 0.25) is 0 Å². The van der Waals surface area contributed by atoms with E-state index in [0.717, 1.165) is 31.0 Å². The Morgan fingerprint density at radius 2 is 2.24 bits per heavy atom. The van der Waals surface area contributed by atoms with Crippen molar-refractivity contribution < 1.29 is 4.79 Å². The average molecular weight is 231 g/mol. The summed E-state index contributed by atoms with van der Waals surface area (Å²) in [6.45, 7) is 7.10. The summed E-state index contributed by atoms with van der Waals surface area (Å²) in [7, 11) is 0. The van der Waals surface area contributed by atoms with Crippen molar-refractivity contribution in [3.05, 3.63) is 23.9 Å². The zero-order chi connectivity index (χ0) is 12.0. The van der Waals surface area contributed by atoms with Crippen LogP contribution >= 0.6 is 0 Å². The number of anilines is 1. The molecule has 90 valence electrons. The number of piperazine rings is 1. The molecule has 4 nitrogen and oxygen atoms in total. The third kappa shape index (κ3) is 1.55. The van der Waals surface area contributed by atoms with Crippen LogP contribution in [0, 0.1) is 0 Å². The van der Waals surface area contributed by atoms with E-state index < -0.39 is 0 Å². The molecule has 0 aliphatic carbocycles. The molecule has 0 aromatic carbocycles. The van der Waals surface area contributed by atoms with Crippen LogP contribution < -0.4 is 4.90 Å². The number of fused-ring (bicyclic) bond motifs is 3. The van der Waals surface area contributed by atoms with Crippen LogP contribution in [-0.4, -0.2) is 47.4 Å². The molecule has 3 rings (SSSR count). The number of rotatable bonds is 1. The number of nitrogens with zero attached hydrogens (tertiary/aromatic N) is 3. The van der Waals surface area contributed by atoms with Crippen LogP contribution in [-0.2, 0) is 0 Å². The van der Waals surface area contributed by atoms with E-state index in [1.165, 1.54) is 0 Å². The van der Waals surface area contributed by atoms with E-state index in [-0.39, 0.29) is 11.8 Å². The number of ketones is 1. The molecule has 1 aromatic rings. The fraction of sp³-hybridized carbons (Fsp3) is 0.538. The average Bonchev–Trinajstić information content (AvgIpc) is 2.64. The molecule has 1 aromatic heterocycles. The molecule has 0 bridgehead atoms. The molecule has 0 N–H and O–H groups in total. The minimum atomic E-state index is -0.0175. The van der Waals surface area contributed by atoms with Crippen LogP contribution in [0.15, 0.2) is 18.3 Å². The zero-order valence-electron chi connectivity index (χ0n) is 10.3. The number of Topliss-reactive ketones (excluding diaryl/α,β-unsaturated/α-hetero) is 1. The van der Waals surface area contributed by atoms with E-state index in [2.05, 4.69) is 28.6 Å². The van der Waals surface area contributed by atoms with Gasteiger partial charge < -0.3 is 4.90 Å². The number of aromatic nitrogens is 1. The maximum absolute atomic E-state index is 12.3. The molecule has 0 spiro atoms. The Bertz CT molecular complexity index is 458. The van der Waals surface area contributed by atoms with Crippen molar-refractivity contribution >= 4 is 11.6 Å². The van der Waals surface area contributed by atoms with E-state index in [1.807, 2.05) is 12.1 Å². The second kappa shape index (κ2) is 3.81. The molecular formula is C13H17N3O. The third-order valence-electron chi connectivity index (χ3n) is 3.77. The Labute approximate surface area is 101 Å². The maximum Gasteiger partial charge on any atom is 0.190 e. The van der Waals surface area contributed by atoms with Crippen molar-refractivity contribution in [2.45, 2.75) is 25.9 Å². The number of pyridine rings is 1. The van der Waals surface area contributed by atoms with Gasteiger partial charge >= 0.3 is 0 Å². The topological polar surface area (TPSA) is 36.4 Å². The highest BCUT2D eigenvalue weighted by Crippen LogP contribution is 2.32. The Hall–Kier alpha value is -1.42. The molecule has 1 atom stereocenters. The third-order valence-corrected chi connectivity index (χ3v) is 3.77. The molecule has 2 aliphatic rings.